The van der Waals surface area contributed by atoms with Gasteiger partial charge in [0.15, 0.2) is 11.5 Å². The first-order valence-electron chi connectivity index (χ1n) is 16.4. The minimum atomic E-state index is -4.02. The topological polar surface area (TPSA) is 141 Å². The van der Waals surface area contributed by atoms with Gasteiger partial charge in [-0.3, -0.25) is 13.8 Å². The summed E-state index contributed by atoms with van der Waals surface area (Å²) in [5.41, 5.74) is 4.03. The van der Waals surface area contributed by atoms with Gasteiger partial charge in [-0.25, -0.2) is 9.36 Å². The summed E-state index contributed by atoms with van der Waals surface area (Å²) in [4.78, 5) is 35.1. The Morgan fingerprint density at radius 1 is 0.673 bits per heavy atom. The van der Waals surface area contributed by atoms with E-state index in [1.807, 2.05) is 121 Å². The molecular weight excluding hydrogens is 685 g/mol. The minimum absolute atomic E-state index is 0.0353. The second-order valence-electron chi connectivity index (χ2n) is 11.5. The molecule has 52 heavy (non-hydrogen) atoms. The predicted molar refractivity (Wildman–Crippen MR) is 195 cm³/mol. The van der Waals surface area contributed by atoms with Gasteiger partial charge in [-0.2, -0.15) is 0 Å². The van der Waals surface area contributed by atoms with Gasteiger partial charge in [0, 0.05) is 14.0 Å². The van der Waals surface area contributed by atoms with Crippen molar-refractivity contribution in [2.75, 3.05) is 13.6 Å². The Hall–Kier alpha value is -5.45. The van der Waals surface area contributed by atoms with E-state index in [-0.39, 0.29) is 44.5 Å². The van der Waals surface area contributed by atoms with Gasteiger partial charge < -0.3 is 29.1 Å². The number of phenolic OH excluding ortho intramolecular Hbond substituents is 1. The summed E-state index contributed by atoms with van der Waals surface area (Å²) < 4.78 is 38.1. The van der Waals surface area contributed by atoms with E-state index in [0.717, 1.165) is 22.3 Å². The lowest BCUT2D eigenvalue weighted by molar-refractivity contribution is -0.147. The highest BCUT2D eigenvalue weighted by Gasteiger charge is 2.23. The average Bonchev–Trinajstić information content (AvgIpc) is 3.16. The number of esters is 1. The summed E-state index contributed by atoms with van der Waals surface area (Å²) >= 11 is 0. The number of rotatable bonds is 15. The van der Waals surface area contributed by atoms with Crippen LogP contribution in [-0.2, 0) is 54.3 Å². The first kappa shape index (κ1) is 39.3. The smallest absolute Gasteiger partial charge is 0.472 e. The third-order valence-corrected chi connectivity index (χ3v) is 8.24. The predicted octanol–water partition coefficient (Wildman–Crippen LogP) is 8.36. The van der Waals surface area contributed by atoms with Gasteiger partial charge in [-0.05, 0) is 39.9 Å². The molecule has 0 aliphatic heterocycles. The fourth-order valence-corrected chi connectivity index (χ4v) is 5.34. The van der Waals surface area contributed by atoms with E-state index in [9.17, 15) is 24.2 Å². The van der Waals surface area contributed by atoms with Crippen molar-refractivity contribution in [1.82, 2.24) is 4.90 Å². The number of likely N-dealkylation sites (N-methyl/N-ethyl adjacent to an activating group) is 1. The molecular formula is C40H42NO10P. The Morgan fingerprint density at radius 3 is 1.58 bits per heavy atom. The lowest BCUT2D eigenvalue weighted by atomic mass is 10.1. The van der Waals surface area contributed by atoms with Crippen LogP contribution >= 0.6 is 7.82 Å². The van der Waals surface area contributed by atoms with Crippen LogP contribution in [0.3, 0.4) is 0 Å². The lowest BCUT2D eigenvalue weighted by Gasteiger charge is -2.24. The molecule has 2 N–H and O–H groups in total. The summed E-state index contributed by atoms with van der Waals surface area (Å²) in [6, 6.07) is 42.0. The molecule has 0 radical (unpaired) electrons. The van der Waals surface area contributed by atoms with Gasteiger partial charge in [0.1, 0.15) is 19.3 Å². The van der Waals surface area contributed by atoms with Gasteiger partial charge in [0.2, 0.25) is 0 Å². The zero-order chi connectivity index (χ0) is 37.2. The highest BCUT2D eigenvalue weighted by atomic mass is 31.2. The van der Waals surface area contributed by atoms with Gasteiger partial charge in [0.05, 0.1) is 19.8 Å². The molecule has 0 bridgehead atoms. The quantitative estimate of drug-likeness (QED) is 0.0798. The Kier molecular flexibility index (Phi) is 15.4. The van der Waals surface area contributed by atoms with E-state index in [2.05, 4.69) is 0 Å². The number of benzene rings is 5. The van der Waals surface area contributed by atoms with Gasteiger partial charge in [0.25, 0.3) is 0 Å². The second kappa shape index (κ2) is 20.4. The molecule has 0 saturated carbocycles. The molecule has 0 saturated heterocycles. The maximum atomic E-state index is 12.4. The summed E-state index contributed by atoms with van der Waals surface area (Å²) in [5.74, 6) is -0.277. The van der Waals surface area contributed by atoms with Crippen molar-refractivity contribution < 1.29 is 47.4 Å². The van der Waals surface area contributed by atoms with Crippen LogP contribution in [0.5, 0.6) is 11.5 Å². The number of carbonyl (C=O) groups is 2. The fraction of sp³-hybridized carbons (Fsp3) is 0.200. The molecule has 5 aromatic carbocycles. The molecule has 272 valence electrons. The van der Waals surface area contributed by atoms with Crippen LogP contribution < -0.4 is 4.74 Å². The first-order chi connectivity index (χ1) is 25.1. The standard InChI is InChI=1S/C26H27NO6.C14H15O4P/c1-19(28)33-25(16-27(2)26(30)32-18-21-11-7-4-8-12-21)22-13-14-23(29)24(15-22)31-17-20-9-5-3-6-10-20;15-19(16,17-11-13-7-3-1-4-8-13)18-12-14-9-5-2-6-10-14/h3-15,25,29H,16-18H2,1-2H3;1-10H,11-12H2,(H,15,16). The van der Waals surface area contributed by atoms with Crippen molar-refractivity contribution in [3.63, 3.8) is 0 Å². The molecule has 0 fully saturated rings. The van der Waals surface area contributed by atoms with Crippen LogP contribution in [0.2, 0.25) is 0 Å². The molecule has 0 spiro atoms. The lowest BCUT2D eigenvalue weighted by Crippen LogP contribution is -2.33. The van der Waals surface area contributed by atoms with Crippen LogP contribution in [0.25, 0.3) is 0 Å². The van der Waals surface area contributed by atoms with E-state index in [1.165, 1.54) is 17.9 Å². The fourth-order valence-electron chi connectivity index (χ4n) is 4.64. The van der Waals surface area contributed by atoms with Crippen molar-refractivity contribution in [3.05, 3.63) is 167 Å². The number of aromatic hydroxyl groups is 1. The summed E-state index contributed by atoms with van der Waals surface area (Å²) in [6.07, 6.45) is -1.31. The van der Waals surface area contributed by atoms with Crippen molar-refractivity contribution in [2.24, 2.45) is 0 Å². The molecule has 5 aromatic rings. The normalized spacial score (nSPS) is 11.4. The molecule has 12 heteroatoms. The number of hydrogen-bond donors (Lipinski definition) is 2. The van der Waals surface area contributed by atoms with Crippen LogP contribution in [0.1, 0.15) is 40.8 Å². The summed E-state index contributed by atoms with van der Waals surface area (Å²) in [5, 5.41) is 10.2. The molecule has 1 amide bonds. The SMILES string of the molecule is CC(=O)OC(CN(C)C(=O)OCc1ccccc1)c1ccc(O)c(OCc2ccccc2)c1.O=P(O)(OCc1ccccc1)OCc1ccccc1. The number of ether oxygens (including phenoxy) is 3. The second-order valence-corrected chi connectivity index (χ2v) is 13.0. The van der Waals surface area contributed by atoms with E-state index in [1.54, 1.807) is 19.2 Å². The van der Waals surface area contributed by atoms with Crippen molar-refractivity contribution in [2.45, 2.75) is 39.5 Å². The number of carbonyl (C=O) groups excluding carboxylic acids is 2. The van der Waals surface area contributed by atoms with Crippen molar-refractivity contribution in [3.8, 4) is 11.5 Å². The number of phosphoric acid groups is 1. The number of hydrogen-bond acceptors (Lipinski definition) is 9. The number of phenols is 1. The molecule has 0 aromatic heterocycles. The van der Waals surface area contributed by atoms with E-state index in [0.29, 0.717) is 5.56 Å². The van der Waals surface area contributed by atoms with E-state index in [4.69, 9.17) is 23.3 Å². The Balaban J connectivity index is 0.000000269. The molecule has 1 atom stereocenters. The summed E-state index contributed by atoms with van der Waals surface area (Å²) in [6.45, 7) is 1.86. The molecule has 1 unspecified atom stereocenters. The van der Waals surface area contributed by atoms with Gasteiger partial charge in [-0.1, -0.05) is 127 Å². The number of nitrogens with zero attached hydrogens (tertiary/aromatic N) is 1. The van der Waals surface area contributed by atoms with Crippen LogP contribution in [0, 0.1) is 0 Å². The number of amides is 1. The molecule has 11 nitrogen and oxygen atoms in total. The average molecular weight is 728 g/mol. The highest BCUT2D eigenvalue weighted by Crippen LogP contribution is 2.45. The molecule has 5 rings (SSSR count). The molecule has 0 aliphatic carbocycles. The zero-order valence-corrected chi connectivity index (χ0v) is 29.8. The van der Waals surface area contributed by atoms with Crippen molar-refractivity contribution >= 4 is 19.9 Å². The van der Waals surface area contributed by atoms with Crippen LogP contribution in [0.15, 0.2) is 140 Å². The Bertz CT molecular complexity index is 1810. The van der Waals surface area contributed by atoms with Crippen LogP contribution in [-0.4, -0.2) is 40.6 Å². The maximum Gasteiger partial charge on any atom is 0.472 e. The highest BCUT2D eigenvalue weighted by molar-refractivity contribution is 7.47. The maximum absolute atomic E-state index is 12.4. The minimum Gasteiger partial charge on any atom is -0.504 e. The molecule has 0 heterocycles. The zero-order valence-electron chi connectivity index (χ0n) is 28.9. The third-order valence-electron chi connectivity index (χ3n) is 7.33. The van der Waals surface area contributed by atoms with E-state index < -0.39 is 26.0 Å². The first-order valence-corrected chi connectivity index (χ1v) is 17.9. The van der Waals surface area contributed by atoms with E-state index >= 15 is 0 Å². The molecule has 0 aliphatic rings. The Labute approximate surface area is 303 Å². The largest absolute Gasteiger partial charge is 0.504 e. The summed E-state index contributed by atoms with van der Waals surface area (Å²) in [7, 11) is -2.46. The van der Waals surface area contributed by atoms with Gasteiger partial charge >= 0.3 is 19.9 Å². The van der Waals surface area contributed by atoms with Gasteiger partial charge in [-0.15, -0.1) is 0 Å². The Morgan fingerprint density at radius 2 is 1.12 bits per heavy atom. The van der Waals surface area contributed by atoms with Crippen molar-refractivity contribution in [1.29, 1.82) is 0 Å². The monoisotopic (exact) mass is 727 g/mol. The third kappa shape index (κ3) is 14.0. The van der Waals surface area contributed by atoms with Crippen LogP contribution in [0.4, 0.5) is 4.79 Å². The number of phosphoric ester groups is 1.